The Hall–Kier alpha value is -1.59. The van der Waals surface area contributed by atoms with Gasteiger partial charge in [0.15, 0.2) is 0 Å². The second-order valence-electron chi connectivity index (χ2n) is 4.45. The summed E-state index contributed by atoms with van der Waals surface area (Å²) in [6, 6.07) is 5.50. The number of methoxy groups -OCH3 is 1. The van der Waals surface area contributed by atoms with E-state index in [0.717, 1.165) is 17.7 Å². The molecule has 1 unspecified atom stereocenters. The van der Waals surface area contributed by atoms with Gasteiger partial charge in [-0.25, -0.2) is 0 Å². The lowest BCUT2D eigenvalue weighted by atomic mass is 10.1. The van der Waals surface area contributed by atoms with Crippen molar-refractivity contribution in [2.24, 2.45) is 0 Å². The van der Waals surface area contributed by atoms with Gasteiger partial charge in [-0.3, -0.25) is 4.79 Å². The Bertz CT molecular complexity index is 421. The fourth-order valence-electron chi connectivity index (χ4n) is 1.89. The molecule has 0 saturated carbocycles. The zero-order valence-electron chi connectivity index (χ0n) is 11.7. The zero-order chi connectivity index (χ0) is 14.3. The predicted octanol–water partition coefficient (Wildman–Crippen LogP) is 0.808. The molecule has 0 radical (unpaired) electrons. The number of aryl methyl sites for hydroxylation is 1. The van der Waals surface area contributed by atoms with Gasteiger partial charge in [-0.05, 0) is 38.6 Å². The van der Waals surface area contributed by atoms with E-state index >= 15 is 0 Å². The predicted molar refractivity (Wildman–Crippen MR) is 74.8 cm³/mol. The summed E-state index contributed by atoms with van der Waals surface area (Å²) in [6.45, 7) is 3.16. The van der Waals surface area contributed by atoms with Gasteiger partial charge in [0, 0.05) is 6.54 Å². The van der Waals surface area contributed by atoms with Gasteiger partial charge in [-0.15, -0.1) is 0 Å². The number of aliphatic carboxylic acids is 1. The van der Waals surface area contributed by atoms with E-state index in [0.29, 0.717) is 13.1 Å². The maximum atomic E-state index is 10.8. The van der Waals surface area contributed by atoms with Gasteiger partial charge in [0.25, 0.3) is 0 Å². The molecule has 0 heterocycles. The molecule has 0 aliphatic carbocycles. The lowest BCUT2D eigenvalue weighted by Gasteiger charge is -2.13. The number of carboxylic acid groups (broad SMARTS) is 1. The van der Waals surface area contributed by atoms with Crippen LogP contribution in [0.2, 0.25) is 0 Å². The lowest BCUT2D eigenvalue weighted by Crippen LogP contribution is -2.43. The van der Waals surface area contributed by atoms with E-state index in [4.69, 9.17) is 9.84 Å². The Morgan fingerprint density at radius 2 is 2.21 bits per heavy atom. The maximum absolute atomic E-state index is 10.8. The van der Waals surface area contributed by atoms with Crippen molar-refractivity contribution in [3.63, 3.8) is 0 Å². The van der Waals surface area contributed by atoms with Gasteiger partial charge in [-0.1, -0.05) is 17.7 Å². The molecule has 0 amide bonds. The van der Waals surface area contributed by atoms with Crippen LogP contribution in [0.5, 0.6) is 5.75 Å². The standard InChI is InChI=1S/C14H22N2O3/c1-10-4-5-13(19-3)11(8-10)6-7-16-9-12(15-2)14(17)18/h4-5,8,12,15-16H,6-7,9H2,1-3H3,(H,17,18). The highest BCUT2D eigenvalue weighted by atomic mass is 16.5. The van der Waals surface area contributed by atoms with Crippen LogP contribution in [-0.2, 0) is 11.2 Å². The van der Waals surface area contributed by atoms with Gasteiger partial charge in [0.1, 0.15) is 11.8 Å². The minimum absolute atomic E-state index is 0.403. The summed E-state index contributed by atoms with van der Waals surface area (Å²) in [5.74, 6) is 0.0268. The number of hydrogen-bond acceptors (Lipinski definition) is 4. The molecule has 0 aliphatic rings. The summed E-state index contributed by atoms with van der Waals surface area (Å²) < 4.78 is 5.30. The summed E-state index contributed by atoms with van der Waals surface area (Å²) in [7, 11) is 3.30. The van der Waals surface area contributed by atoms with E-state index in [2.05, 4.69) is 16.7 Å². The number of carbonyl (C=O) groups is 1. The van der Waals surface area contributed by atoms with Crippen molar-refractivity contribution in [1.82, 2.24) is 10.6 Å². The van der Waals surface area contributed by atoms with Crippen LogP contribution in [0.3, 0.4) is 0 Å². The monoisotopic (exact) mass is 266 g/mol. The Labute approximate surface area is 114 Å². The third-order valence-corrected chi connectivity index (χ3v) is 3.00. The minimum Gasteiger partial charge on any atom is -0.496 e. The highest BCUT2D eigenvalue weighted by Crippen LogP contribution is 2.19. The quantitative estimate of drug-likeness (QED) is 0.607. The van der Waals surface area contributed by atoms with E-state index in [9.17, 15) is 4.79 Å². The first-order chi connectivity index (χ1) is 9.08. The second-order valence-corrected chi connectivity index (χ2v) is 4.45. The topological polar surface area (TPSA) is 70.6 Å². The number of hydrogen-bond donors (Lipinski definition) is 3. The van der Waals surface area contributed by atoms with E-state index in [1.807, 2.05) is 19.1 Å². The van der Waals surface area contributed by atoms with Crippen LogP contribution in [0.25, 0.3) is 0 Å². The number of benzene rings is 1. The first kappa shape index (κ1) is 15.5. The molecule has 0 saturated heterocycles. The Balaban J connectivity index is 2.45. The summed E-state index contributed by atoms with van der Waals surface area (Å²) in [6.07, 6.45) is 0.806. The van der Waals surface area contributed by atoms with Crippen molar-refractivity contribution < 1.29 is 14.6 Å². The molecule has 5 heteroatoms. The molecular formula is C14H22N2O3. The second kappa shape index (κ2) is 7.76. The third kappa shape index (κ3) is 4.89. The van der Waals surface area contributed by atoms with Gasteiger partial charge in [0.2, 0.25) is 0 Å². The SMILES string of the molecule is CNC(CNCCc1cc(C)ccc1OC)C(=O)O. The number of carboxylic acids is 1. The summed E-state index contributed by atoms with van der Waals surface area (Å²) in [4.78, 5) is 10.8. The Kier molecular flexibility index (Phi) is 6.32. The third-order valence-electron chi connectivity index (χ3n) is 3.00. The molecule has 0 aromatic heterocycles. The largest absolute Gasteiger partial charge is 0.496 e. The molecule has 0 aliphatic heterocycles. The average molecular weight is 266 g/mol. The molecule has 19 heavy (non-hydrogen) atoms. The Morgan fingerprint density at radius 3 is 2.79 bits per heavy atom. The minimum atomic E-state index is -0.844. The van der Waals surface area contributed by atoms with Crippen molar-refractivity contribution in [3.05, 3.63) is 29.3 Å². The van der Waals surface area contributed by atoms with Crippen LogP contribution >= 0.6 is 0 Å². The normalized spacial score (nSPS) is 12.2. The fourth-order valence-corrected chi connectivity index (χ4v) is 1.89. The molecule has 1 atom stereocenters. The average Bonchev–Trinajstić information content (AvgIpc) is 2.38. The number of rotatable bonds is 8. The van der Waals surface area contributed by atoms with Crippen LogP contribution in [0.1, 0.15) is 11.1 Å². The molecule has 0 fully saturated rings. The van der Waals surface area contributed by atoms with Crippen LogP contribution in [0.15, 0.2) is 18.2 Å². The van der Waals surface area contributed by atoms with Crippen molar-refractivity contribution in [2.75, 3.05) is 27.2 Å². The highest BCUT2D eigenvalue weighted by molar-refractivity contribution is 5.73. The molecule has 1 aromatic carbocycles. The van der Waals surface area contributed by atoms with E-state index in [1.165, 1.54) is 5.56 Å². The van der Waals surface area contributed by atoms with Gasteiger partial charge in [0.05, 0.1) is 7.11 Å². The molecule has 1 rings (SSSR count). The van der Waals surface area contributed by atoms with Crippen LogP contribution in [0, 0.1) is 6.92 Å². The Morgan fingerprint density at radius 1 is 1.47 bits per heavy atom. The van der Waals surface area contributed by atoms with Crippen LogP contribution in [-0.4, -0.2) is 44.4 Å². The van der Waals surface area contributed by atoms with Crippen molar-refractivity contribution in [3.8, 4) is 5.75 Å². The van der Waals surface area contributed by atoms with Gasteiger partial charge < -0.3 is 20.5 Å². The van der Waals surface area contributed by atoms with E-state index < -0.39 is 12.0 Å². The number of likely N-dealkylation sites (N-methyl/N-ethyl adjacent to an activating group) is 1. The first-order valence-corrected chi connectivity index (χ1v) is 6.32. The molecule has 1 aromatic rings. The van der Waals surface area contributed by atoms with Crippen molar-refractivity contribution in [2.45, 2.75) is 19.4 Å². The van der Waals surface area contributed by atoms with Gasteiger partial charge >= 0.3 is 5.97 Å². The molecular weight excluding hydrogens is 244 g/mol. The van der Waals surface area contributed by atoms with Crippen molar-refractivity contribution in [1.29, 1.82) is 0 Å². The molecule has 106 valence electrons. The molecule has 0 spiro atoms. The molecule has 0 bridgehead atoms. The maximum Gasteiger partial charge on any atom is 0.322 e. The molecule has 5 nitrogen and oxygen atoms in total. The fraction of sp³-hybridized carbons (Fsp3) is 0.500. The number of ether oxygens (including phenoxy) is 1. The zero-order valence-corrected chi connectivity index (χ0v) is 11.7. The summed E-state index contributed by atoms with van der Waals surface area (Å²) >= 11 is 0. The van der Waals surface area contributed by atoms with E-state index in [-0.39, 0.29) is 0 Å². The lowest BCUT2D eigenvalue weighted by molar-refractivity contribution is -0.139. The van der Waals surface area contributed by atoms with Crippen molar-refractivity contribution >= 4 is 5.97 Å². The highest BCUT2D eigenvalue weighted by Gasteiger charge is 2.13. The van der Waals surface area contributed by atoms with Crippen LogP contribution in [0.4, 0.5) is 0 Å². The first-order valence-electron chi connectivity index (χ1n) is 6.32. The summed E-state index contributed by atoms with van der Waals surface area (Å²) in [5.41, 5.74) is 2.32. The van der Waals surface area contributed by atoms with E-state index in [1.54, 1.807) is 14.2 Å². The smallest absolute Gasteiger partial charge is 0.322 e. The summed E-state index contributed by atoms with van der Waals surface area (Å²) in [5, 5.41) is 14.8. The van der Waals surface area contributed by atoms with Crippen LogP contribution < -0.4 is 15.4 Å². The van der Waals surface area contributed by atoms with Gasteiger partial charge in [-0.2, -0.15) is 0 Å². The molecule has 3 N–H and O–H groups in total. The number of nitrogens with one attached hydrogen (secondary N) is 2.